The first-order valence-electron chi connectivity index (χ1n) is 7.22. The van der Waals surface area contributed by atoms with Crippen molar-refractivity contribution >= 4 is 41.1 Å². The van der Waals surface area contributed by atoms with Crippen molar-refractivity contribution in [1.29, 1.82) is 0 Å². The van der Waals surface area contributed by atoms with E-state index in [0.717, 1.165) is 4.90 Å². The van der Waals surface area contributed by atoms with Gasteiger partial charge in [-0.3, -0.25) is 14.5 Å². The van der Waals surface area contributed by atoms with E-state index < -0.39 is 17.8 Å². The van der Waals surface area contributed by atoms with E-state index in [1.54, 1.807) is 30.5 Å². The molecule has 9 heteroatoms. The Kier molecular flexibility index (Phi) is 5.00. The third kappa shape index (κ3) is 3.35. The molecule has 25 heavy (non-hydrogen) atoms. The second-order valence-electron chi connectivity index (χ2n) is 5.00. The van der Waals surface area contributed by atoms with Crippen LogP contribution in [0.2, 0.25) is 5.02 Å². The highest BCUT2D eigenvalue weighted by molar-refractivity contribution is 7.98. The van der Waals surface area contributed by atoms with Gasteiger partial charge in [0.2, 0.25) is 0 Å². The Hall–Kier alpha value is -2.45. The van der Waals surface area contributed by atoms with Gasteiger partial charge in [-0.2, -0.15) is 0 Å². The minimum atomic E-state index is -0.737. The zero-order valence-electron chi connectivity index (χ0n) is 13.1. The number of hydrogen-bond donors (Lipinski definition) is 0. The third-order valence-corrected chi connectivity index (χ3v) is 4.36. The topological polar surface area (TPSA) is 89.5 Å². The average molecular weight is 378 g/mol. The summed E-state index contributed by atoms with van der Waals surface area (Å²) in [5.74, 6) is -1.54. The second-order valence-corrected chi connectivity index (χ2v) is 6.18. The molecule has 0 saturated heterocycles. The number of imide groups is 1. The van der Waals surface area contributed by atoms with Gasteiger partial charge in [-0.1, -0.05) is 35.5 Å². The van der Waals surface area contributed by atoms with Gasteiger partial charge in [0.15, 0.2) is 10.9 Å². The first-order chi connectivity index (χ1) is 12.0. The molecule has 1 aromatic heterocycles. The molecule has 0 spiro atoms. The van der Waals surface area contributed by atoms with Crippen molar-refractivity contribution in [3.63, 3.8) is 0 Å². The minimum Gasteiger partial charge on any atom is -0.459 e. The van der Waals surface area contributed by atoms with Crippen LogP contribution in [0.5, 0.6) is 0 Å². The molecule has 0 radical (unpaired) electrons. The van der Waals surface area contributed by atoms with E-state index in [-0.39, 0.29) is 23.9 Å². The Morgan fingerprint density at radius 3 is 2.48 bits per heavy atom. The number of aromatic nitrogens is 2. The highest BCUT2D eigenvalue weighted by Crippen LogP contribution is 2.22. The van der Waals surface area contributed by atoms with Crippen LogP contribution < -0.4 is 0 Å². The van der Waals surface area contributed by atoms with Gasteiger partial charge < -0.3 is 4.74 Å². The summed E-state index contributed by atoms with van der Waals surface area (Å²) in [4.78, 5) is 45.5. The maximum absolute atomic E-state index is 12.2. The van der Waals surface area contributed by atoms with E-state index in [2.05, 4.69) is 9.97 Å². The van der Waals surface area contributed by atoms with Gasteiger partial charge in [0.25, 0.3) is 11.8 Å². The number of esters is 1. The Bertz CT molecular complexity index is 839. The smallest absolute Gasteiger partial charge is 0.358 e. The predicted molar refractivity (Wildman–Crippen MR) is 90.9 cm³/mol. The van der Waals surface area contributed by atoms with Crippen LogP contribution in [0.4, 0.5) is 0 Å². The molecule has 128 valence electrons. The Labute approximate surface area is 152 Å². The fraction of sp³-hybridized carbons (Fsp3) is 0.188. The average Bonchev–Trinajstić information content (AvgIpc) is 2.87. The quantitative estimate of drug-likeness (QED) is 0.342. The molecule has 0 atom stereocenters. The number of fused-ring (bicyclic) bond motifs is 1. The fourth-order valence-corrected chi connectivity index (χ4v) is 2.84. The Morgan fingerprint density at radius 2 is 1.88 bits per heavy atom. The summed E-state index contributed by atoms with van der Waals surface area (Å²) in [5, 5.41) is 0.459. The lowest BCUT2D eigenvalue weighted by atomic mass is 10.1. The Morgan fingerprint density at radius 1 is 1.24 bits per heavy atom. The largest absolute Gasteiger partial charge is 0.459 e. The molecule has 1 aliphatic heterocycles. The molecular formula is C16H12ClN3O4S. The number of halogens is 1. The highest BCUT2D eigenvalue weighted by atomic mass is 35.5. The molecule has 0 N–H and O–H groups in total. The number of amides is 2. The van der Waals surface area contributed by atoms with Crippen molar-refractivity contribution in [3.05, 3.63) is 52.3 Å². The van der Waals surface area contributed by atoms with E-state index in [1.807, 2.05) is 0 Å². The maximum atomic E-state index is 12.2. The fourth-order valence-electron chi connectivity index (χ4n) is 2.33. The van der Waals surface area contributed by atoms with Crippen molar-refractivity contribution in [2.24, 2.45) is 0 Å². The summed E-state index contributed by atoms with van der Waals surface area (Å²) in [6, 6.07) is 6.56. The lowest BCUT2D eigenvalue weighted by Gasteiger charge is -2.13. The number of rotatable bonds is 5. The molecular weight excluding hydrogens is 366 g/mol. The summed E-state index contributed by atoms with van der Waals surface area (Å²) in [7, 11) is 0. The van der Waals surface area contributed by atoms with Crippen LogP contribution >= 0.6 is 23.4 Å². The van der Waals surface area contributed by atoms with Gasteiger partial charge in [-0.15, -0.1) is 0 Å². The van der Waals surface area contributed by atoms with Crippen LogP contribution in [-0.2, 0) is 4.74 Å². The van der Waals surface area contributed by atoms with Crippen LogP contribution in [0.25, 0.3) is 0 Å². The van der Waals surface area contributed by atoms with Gasteiger partial charge in [0, 0.05) is 0 Å². The number of benzene rings is 1. The minimum absolute atomic E-state index is 0.0455. The molecule has 2 heterocycles. The first-order valence-corrected chi connectivity index (χ1v) is 8.82. The summed E-state index contributed by atoms with van der Waals surface area (Å²) < 4.78 is 5.10. The number of hydrogen-bond acceptors (Lipinski definition) is 7. The lowest BCUT2D eigenvalue weighted by molar-refractivity contribution is 0.0414. The number of nitrogens with zero attached hydrogens (tertiary/aromatic N) is 3. The van der Waals surface area contributed by atoms with E-state index >= 15 is 0 Å². The molecule has 2 amide bonds. The molecule has 1 aliphatic rings. The number of ether oxygens (including phenoxy) is 1. The second kappa shape index (κ2) is 7.20. The molecule has 0 bridgehead atoms. The third-order valence-electron chi connectivity index (χ3n) is 3.52. The first kappa shape index (κ1) is 17.4. The SMILES string of the molecule is CSc1ncc(Cl)c(C(=O)OCCN2C(=O)c3ccccc3C2=O)n1. The maximum Gasteiger partial charge on any atom is 0.358 e. The van der Waals surface area contributed by atoms with Crippen LogP contribution in [-0.4, -0.2) is 52.1 Å². The molecule has 0 unspecified atom stereocenters. The van der Waals surface area contributed by atoms with Crippen LogP contribution in [0.15, 0.2) is 35.6 Å². The zero-order chi connectivity index (χ0) is 18.0. The number of carbonyl (C=O) groups is 3. The summed E-state index contributed by atoms with van der Waals surface area (Å²) in [5.41, 5.74) is 0.646. The monoisotopic (exact) mass is 377 g/mol. The van der Waals surface area contributed by atoms with E-state index in [1.165, 1.54) is 18.0 Å². The molecule has 0 fully saturated rings. The summed E-state index contributed by atoms with van der Waals surface area (Å²) in [6.07, 6.45) is 3.09. The zero-order valence-corrected chi connectivity index (χ0v) is 14.6. The van der Waals surface area contributed by atoms with Crippen LogP contribution in [0.1, 0.15) is 31.2 Å². The summed E-state index contributed by atoms with van der Waals surface area (Å²) in [6.45, 7) is -0.199. The van der Waals surface area contributed by atoms with E-state index in [9.17, 15) is 14.4 Å². The standard InChI is InChI=1S/C16H12ClN3O4S/c1-25-16-18-8-11(17)12(19-16)15(23)24-7-6-20-13(21)9-4-2-3-5-10(9)14(20)22/h2-5,8H,6-7H2,1H3. The van der Waals surface area contributed by atoms with Crippen molar-refractivity contribution in [2.45, 2.75) is 5.16 Å². The molecule has 0 aliphatic carbocycles. The predicted octanol–water partition coefficient (Wildman–Crippen LogP) is 2.30. The van der Waals surface area contributed by atoms with Gasteiger partial charge in [0.1, 0.15) is 6.61 Å². The van der Waals surface area contributed by atoms with E-state index in [0.29, 0.717) is 16.3 Å². The van der Waals surface area contributed by atoms with Gasteiger partial charge in [-0.05, 0) is 18.4 Å². The van der Waals surface area contributed by atoms with Crippen LogP contribution in [0.3, 0.4) is 0 Å². The van der Waals surface area contributed by atoms with Gasteiger partial charge in [-0.25, -0.2) is 14.8 Å². The molecule has 1 aromatic carbocycles. The summed E-state index contributed by atoms with van der Waals surface area (Å²) >= 11 is 7.17. The lowest BCUT2D eigenvalue weighted by Crippen LogP contribution is -2.33. The number of carbonyl (C=O) groups excluding carboxylic acids is 3. The van der Waals surface area contributed by atoms with Crippen LogP contribution in [0, 0.1) is 0 Å². The normalized spacial score (nSPS) is 13.1. The van der Waals surface area contributed by atoms with Crippen molar-refractivity contribution in [2.75, 3.05) is 19.4 Å². The van der Waals surface area contributed by atoms with E-state index in [4.69, 9.17) is 16.3 Å². The van der Waals surface area contributed by atoms with Gasteiger partial charge in [0.05, 0.1) is 28.9 Å². The molecule has 2 aromatic rings. The van der Waals surface area contributed by atoms with Crippen molar-refractivity contribution < 1.29 is 19.1 Å². The van der Waals surface area contributed by atoms with Crippen molar-refractivity contribution in [3.8, 4) is 0 Å². The van der Waals surface area contributed by atoms with Gasteiger partial charge >= 0.3 is 5.97 Å². The molecule has 7 nitrogen and oxygen atoms in total. The highest BCUT2D eigenvalue weighted by Gasteiger charge is 2.34. The molecule has 0 saturated carbocycles. The van der Waals surface area contributed by atoms with Crippen molar-refractivity contribution in [1.82, 2.24) is 14.9 Å². The Balaban J connectivity index is 1.63. The molecule has 3 rings (SSSR count). The number of thioether (sulfide) groups is 1.